The Kier molecular flexibility index (Phi) is 4.36. The van der Waals surface area contributed by atoms with E-state index in [0.717, 1.165) is 6.07 Å². The maximum Gasteiger partial charge on any atom is 0.270 e. The van der Waals surface area contributed by atoms with Crippen LogP contribution in [0.5, 0.6) is 0 Å². The van der Waals surface area contributed by atoms with Gasteiger partial charge in [0.25, 0.3) is 5.69 Å². The summed E-state index contributed by atoms with van der Waals surface area (Å²) in [5.41, 5.74) is -0.300. The predicted octanol–water partition coefficient (Wildman–Crippen LogP) is 1.03. The first-order valence-electron chi connectivity index (χ1n) is 5.00. The number of nitrogens with zero attached hydrogens (tertiary/aromatic N) is 2. The lowest BCUT2D eigenvalue weighted by molar-refractivity contribution is -0.385. The number of rotatable bonds is 5. The van der Waals surface area contributed by atoms with Crippen LogP contribution < -0.4 is 4.72 Å². The fourth-order valence-electron chi connectivity index (χ4n) is 1.13. The SMILES string of the molecule is CC(C#N)CNS(=O)(=O)c1cccc([N+](=O)[O-])c1. The van der Waals surface area contributed by atoms with E-state index in [4.69, 9.17) is 5.26 Å². The Bertz CT molecular complexity index is 591. The summed E-state index contributed by atoms with van der Waals surface area (Å²) in [6.45, 7) is 1.53. The number of hydrogen-bond acceptors (Lipinski definition) is 5. The number of non-ortho nitro benzene ring substituents is 1. The van der Waals surface area contributed by atoms with Gasteiger partial charge in [0.15, 0.2) is 0 Å². The van der Waals surface area contributed by atoms with Gasteiger partial charge in [-0.05, 0) is 13.0 Å². The third-order valence-electron chi connectivity index (χ3n) is 2.14. The number of nitriles is 1. The van der Waals surface area contributed by atoms with E-state index in [0.29, 0.717) is 0 Å². The van der Waals surface area contributed by atoms with Gasteiger partial charge in [-0.15, -0.1) is 0 Å². The van der Waals surface area contributed by atoms with E-state index >= 15 is 0 Å². The van der Waals surface area contributed by atoms with Crippen molar-refractivity contribution in [1.82, 2.24) is 4.72 Å². The van der Waals surface area contributed by atoms with Crippen molar-refractivity contribution in [3.8, 4) is 6.07 Å². The van der Waals surface area contributed by atoms with Gasteiger partial charge in [-0.2, -0.15) is 5.26 Å². The maximum absolute atomic E-state index is 11.8. The van der Waals surface area contributed by atoms with Crippen LogP contribution >= 0.6 is 0 Å². The molecule has 18 heavy (non-hydrogen) atoms. The first-order chi connectivity index (χ1) is 8.36. The molecule has 0 aliphatic rings. The van der Waals surface area contributed by atoms with E-state index in [9.17, 15) is 18.5 Å². The Morgan fingerprint density at radius 2 is 2.22 bits per heavy atom. The lowest BCUT2D eigenvalue weighted by Gasteiger charge is -2.07. The molecule has 0 aromatic heterocycles. The molecule has 0 bridgehead atoms. The van der Waals surface area contributed by atoms with Crippen molar-refractivity contribution in [3.05, 3.63) is 34.4 Å². The molecular formula is C10H11N3O4S. The molecule has 0 heterocycles. The van der Waals surface area contributed by atoms with Crippen LogP contribution in [0.3, 0.4) is 0 Å². The Hall–Kier alpha value is -1.98. The lowest BCUT2D eigenvalue weighted by Crippen LogP contribution is -2.28. The van der Waals surface area contributed by atoms with Crippen LogP contribution in [0.1, 0.15) is 6.92 Å². The summed E-state index contributed by atoms with van der Waals surface area (Å²) in [4.78, 5) is 9.68. The summed E-state index contributed by atoms with van der Waals surface area (Å²) in [5, 5.41) is 19.1. The highest BCUT2D eigenvalue weighted by atomic mass is 32.2. The van der Waals surface area contributed by atoms with Gasteiger partial charge < -0.3 is 0 Å². The van der Waals surface area contributed by atoms with Gasteiger partial charge in [0, 0.05) is 18.7 Å². The van der Waals surface area contributed by atoms with Crippen molar-refractivity contribution < 1.29 is 13.3 Å². The number of nitro groups is 1. The summed E-state index contributed by atoms with van der Waals surface area (Å²) in [7, 11) is -3.83. The minimum Gasteiger partial charge on any atom is -0.258 e. The first kappa shape index (κ1) is 14.1. The fraction of sp³-hybridized carbons (Fsp3) is 0.300. The Balaban J connectivity index is 2.95. The molecule has 0 saturated carbocycles. The smallest absolute Gasteiger partial charge is 0.258 e. The molecule has 1 aromatic carbocycles. The molecule has 1 N–H and O–H groups in total. The third-order valence-corrected chi connectivity index (χ3v) is 3.56. The van der Waals surface area contributed by atoms with E-state index in [1.807, 2.05) is 6.07 Å². The Morgan fingerprint density at radius 3 is 2.78 bits per heavy atom. The monoisotopic (exact) mass is 269 g/mol. The van der Waals surface area contributed by atoms with Gasteiger partial charge in [0.05, 0.1) is 21.8 Å². The normalized spacial score (nSPS) is 12.7. The van der Waals surface area contributed by atoms with Crippen LogP contribution in [0.25, 0.3) is 0 Å². The molecule has 1 rings (SSSR count). The highest BCUT2D eigenvalue weighted by Gasteiger charge is 2.17. The zero-order valence-corrected chi connectivity index (χ0v) is 10.3. The molecule has 0 spiro atoms. The second kappa shape index (κ2) is 5.57. The molecule has 1 atom stereocenters. The van der Waals surface area contributed by atoms with Crippen LogP contribution in [0.4, 0.5) is 5.69 Å². The molecule has 7 nitrogen and oxygen atoms in total. The number of nitrogens with one attached hydrogen (secondary N) is 1. The zero-order chi connectivity index (χ0) is 13.8. The van der Waals surface area contributed by atoms with Crippen LogP contribution in [-0.2, 0) is 10.0 Å². The molecular weight excluding hydrogens is 258 g/mol. The van der Waals surface area contributed by atoms with Crippen molar-refractivity contribution in [3.63, 3.8) is 0 Å². The van der Waals surface area contributed by atoms with Crippen molar-refractivity contribution >= 4 is 15.7 Å². The summed E-state index contributed by atoms with van der Waals surface area (Å²) in [6, 6.07) is 6.61. The molecule has 0 aliphatic carbocycles. The molecule has 96 valence electrons. The van der Waals surface area contributed by atoms with E-state index in [1.165, 1.54) is 18.2 Å². The fourth-order valence-corrected chi connectivity index (χ4v) is 2.30. The van der Waals surface area contributed by atoms with Crippen molar-refractivity contribution in [2.45, 2.75) is 11.8 Å². The van der Waals surface area contributed by atoms with Crippen molar-refractivity contribution in [2.75, 3.05) is 6.54 Å². The number of nitro benzene ring substituents is 1. The van der Waals surface area contributed by atoms with E-state index in [1.54, 1.807) is 6.92 Å². The van der Waals surface area contributed by atoms with Gasteiger partial charge in [0.1, 0.15) is 0 Å². The quantitative estimate of drug-likeness (QED) is 0.633. The molecule has 0 amide bonds. The van der Waals surface area contributed by atoms with Gasteiger partial charge in [-0.1, -0.05) is 6.07 Å². The number of sulfonamides is 1. The zero-order valence-electron chi connectivity index (χ0n) is 9.53. The topological polar surface area (TPSA) is 113 Å². The molecule has 0 saturated heterocycles. The maximum atomic E-state index is 11.8. The largest absolute Gasteiger partial charge is 0.270 e. The van der Waals surface area contributed by atoms with Crippen LogP contribution in [0, 0.1) is 27.4 Å². The molecule has 1 unspecified atom stereocenters. The summed E-state index contributed by atoms with van der Waals surface area (Å²) in [5.74, 6) is -0.474. The van der Waals surface area contributed by atoms with Gasteiger partial charge in [-0.25, -0.2) is 13.1 Å². The molecule has 8 heteroatoms. The predicted molar refractivity (Wildman–Crippen MR) is 63.1 cm³/mol. The summed E-state index contributed by atoms with van der Waals surface area (Å²) >= 11 is 0. The van der Waals surface area contributed by atoms with Crippen molar-refractivity contribution in [1.29, 1.82) is 5.26 Å². The summed E-state index contributed by atoms with van der Waals surface area (Å²) in [6.07, 6.45) is 0. The minimum atomic E-state index is -3.83. The first-order valence-corrected chi connectivity index (χ1v) is 6.49. The second-order valence-electron chi connectivity index (χ2n) is 3.64. The highest BCUT2D eigenvalue weighted by Crippen LogP contribution is 2.17. The average molecular weight is 269 g/mol. The van der Waals surface area contributed by atoms with Gasteiger partial charge in [-0.3, -0.25) is 10.1 Å². The summed E-state index contributed by atoms with van der Waals surface area (Å²) < 4.78 is 25.8. The van der Waals surface area contributed by atoms with E-state index in [-0.39, 0.29) is 17.1 Å². The standard InChI is InChI=1S/C10H11N3O4S/c1-8(6-11)7-12-18(16,17)10-4-2-3-9(5-10)13(14)15/h2-5,8,12H,7H2,1H3. The minimum absolute atomic E-state index is 0.0402. The van der Waals surface area contributed by atoms with E-state index < -0.39 is 20.9 Å². The van der Waals surface area contributed by atoms with Crippen LogP contribution in [0.15, 0.2) is 29.2 Å². The van der Waals surface area contributed by atoms with E-state index in [2.05, 4.69) is 4.72 Å². The molecule has 0 aliphatic heterocycles. The van der Waals surface area contributed by atoms with Crippen molar-refractivity contribution in [2.24, 2.45) is 5.92 Å². The Labute approximate surface area is 104 Å². The third kappa shape index (κ3) is 3.51. The molecule has 0 radical (unpaired) electrons. The number of hydrogen-bond donors (Lipinski definition) is 1. The average Bonchev–Trinajstić information content (AvgIpc) is 2.36. The second-order valence-corrected chi connectivity index (χ2v) is 5.40. The Morgan fingerprint density at radius 1 is 1.56 bits per heavy atom. The lowest BCUT2D eigenvalue weighted by atomic mass is 10.2. The molecule has 0 fully saturated rings. The highest BCUT2D eigenvalue weighted by molar-refractivity contribution is 7.89. The van der Waals surface area contributed by atoms with Crippen LogP contribution in [0.2, 0.25) is 0 Å². The van der Waals surface area contributed by atoms with Crippen LogP contribution in [-0.4, -0.2) is 19.9 Å². The van der Waals surface area contributed by atoms with Gasteiger partial charge >= 0.3 is 0 Å². The molecule has 1 aromatic rings. The number of benzene rings is 1. The van der Waals surface area contributed by atoms with Gasteiger partial charge in [0.2, 0.25) is 10.0 Å².